The zero-order valence-corrected chi connectivity index (χ0v) is 19.6. The predicted octanol–water partition coefficient (Wildman–Crippen LogP) is 4.23. The molecule has 5 aromatic rings. The highest BCUT2D eigenvalue weighted by atomic mass is 19.4. The topological polar surface area (TPSA) is 89.2 Å². The fourth-order valence-electron chi connectivity index (χ4n) is 4.55. The van der Waals surface area contributed by atoms with Gasteiger partial charge in [-0.25, -0.2) is 9.07 Å². The third kappa shape index (κ3) is 4.20. The molecule has 0 saturated heterocycles. The highest BCUT2D eigenvalue weighted by molar-refractivity contribution is 5.88. The van der Waals surface area contributed by atoms with E-state index >= 15 is 0 Å². The van der Waals surface area contributed by atoms with Gasteiger partial charge in [-0.2, -0.15) is 18.3 Å². The van der Waals surface area contributed by atoms with Crippen molar-refractivity contribution in [1.29, 1.82) is 0 Å². The molecule has 0 aliphatic carbocycles. The highest BCUT2D eigenvalue weighted by Crippen LogP contribution is 2.47. The fraction of sp³-hybridized carbons (Fsp3) is 0.148. The molecule has 2 N–H and O–H groups in total. The second kappa shape index (κ2) is 9.42. The molecule has 1 amide bonds. The number of rotatable bonds is 7. The van der Waals surface area contributed by atoms with E-state index in [1.807, 2.05) is 0 Å². The summed E-state index contributed by atoms with van der Waals surface area (Å²) >= 11 is 0. The van der Waals surface area contributed by atoms with Crippen molar-refractivity contribution in [2.75, 3.05) is 6.54 Å². The van der Waals surface area contributed by atoms with E-state index in [9.17, 15) is 32.3 Å². The first kappa shape index (κ1) is 25.2. The summed E-state index contributed by atoms with van der Waals surface area (Å²) < 4.78 is 60.2. The lowest BCUT2D eigenvalue weighted by atomic mass is 9.85. The smallest absolute Gasteiger partial charge is 0.372 e. The molecule has 11 heteroatoms. The van der Waals surface area contributed by atoms with Crippen LogP contribution in [0.25, 0.3) is 27.5 Å². The highest BCUT2D eigenvalue weighted by Gasteiger charge is 2.57. The Morgan fingerprint density at radius 1 is 1.03 bits per heavy atom. The van der Waals surface area contributed by atoms with E-state index in [0.29, 0.717) is 28.4 Å². The van der Waals surface area contributed by atoms with Crippen LogP contribution in [-0.2, 0) is 21.7 Å². The van der Waals surface area contributed by atoms with E-state index in [0.717, 1.165) is 6.20 Å². The van der Waals surface area contributed by atoms with Crippen LogP contribution in [0.5, 0.6) is 0 Å². The van der Waals surface area contributed by atoms with Gasteiger partial charge in [0, 0.05) is 28.0 Å². The summed E-state index contributed by atoms with van der Waals surface area (Å²) in [5.41, 5.74) is -3.05. The standard InChI is InChI=1S/C27H20F4N4O3/c28-19-6-8-20(9-7-19)35-23-10-5-18(13-17(23)14-33-35)26(38,27(29,30)31)22-15-34(16-25(37)32-11-12-36)24-4-2-1-3-21(22)24/h1-10,12-15,38H,11,16H2,(H,32,37). The van der Waals surface area contributed by atoms with Gasteiger partial charge in [-0.15, -0.1) is 0 Å². The number of carbonyl (C=O) groups is 2. The van der Waals surface area contributed by atoms with Gasteiger partial charge in [0.05, 0.1) is 23.9 Å². The third-order valence-corrected chi connectivity index (χ3v) is 6.34. The number of hydrogen-bond donors (Lipinski definition) is 2. The monoisotopic (exact) mass is 524 g/mol. The van der Waals surface area contributed by atoms with Crippen molar-refractivity contribution in [2.24, 2.45) is 0 Å². The summed E-state index contributed by atoms with van der Waals surface area (Å²) in [6, 6.07) is 15.4. The first-order chi connectivity index (χ1) is 18.1. The van der Waals surface area contributed by atoms with Crippen molar-refractivity contribution in [3.8, 4) is 5.69 Å². The Labute approximate surface area is 212 Å². The summed E-state index contributed by atoms with van der Waals surface area (Å²) in [6.07, 6.45) is -2.18. The Hall–Kier alpha value is -4.51. The third-order valence-electron chi connectivity index (χ3n) is 6.34. The van der Waals surface area contributed by atoms with E-state index in [-0.39, 0.29) is 18.5 Å². The largest absolute Gasteiger partial charge is 0.425 e. The SMILES string of the molecule is O=CCNC(=O)Cn1cc(C(O)(c2ccc3c(cnn3-c3ccc(F)cc3)c2)C(F)(F)F)c2ccccc21. The van der Waals surface area contributed by atoms with E-state index in [2.05, 4.69) is 10.4 Å². The van der Waals surface area contributed by atoms with E-state index in [1.165, 1.54) is 70.0 Å². The van der Waals surface area contributed by atoms with Crippen molar-refractivity contribution < 1.29 is 32.3 Å². The molecule has 5 rings (SSSR count). The lowest BCUT2D eigenvalue weighted by Crippen LogP contribution is -2.43. The molecule has 0 aliphatic rings. The molecule has 0 radical (unpaired) electrons. The zero-order chi connectivity index (χ0) is 27.1. The van der Waals surface area contributed by atoms with Crippen LogP contribution in [-0.4, -0.2) is 44.4 Å². The fourth-order valence-corrected chi connectivity index (χ4v) is 4.55. The number of nitrogens with one attached hydrogen (secondary N) is 1. The summed E-state index contributed by atoms with van der Waals surface area (Å²) in [6.45, 7) is -0.589. The molecule has 7 nitrogen and oxygen atoms in total. The molecule has 0 fully saturated rings. The number of fused-ring (bicyclic) bond motifs is 2. The van der Waals surface area contributed by atoms with Crippen LogP contribution in [0.1, 0.15) is 11.1 Å². The van der Waals surface area contributed by atoms with Gasteiger partial charge >= 0.3 is 6.18 Å². The van der Waals surface area contributed by atoms with Gasteiger partial charge in [0.15, 0.2) is 0 Å². The van der Waals surface area contributed by atoms with Crippen molar-refractivity contribution >= 4 is 34.0 Å². The molecule has 0 spiro atoms. The number of benzene rings is 3. The Balaban J connectivity index is 1.64. The van der Waals surface area contributed by atoms with Crippen LogP contribution in [0.2, 0.25) is 0 Å². The molecule has 1 unspecified atom stereocenters. The lowest BCUT2D eigenvalue weighted by Gasteiger charge is -2.31. The van der Waals surface area contributed by atoms with E-state index in [1.54, 1.807) is 12.1 Å². The average Bonchev–Trinajstić information content (AvgIpc) is 3.48. The predicted molar refractivity (Wildman–Crippen MR) is 131 cm³/mol. The molecule has 0 bridgehead atoms. The number of aldehydes is 1. The Morgan fingerprint density at radius 2 is 1.76 bits per heavy atom. The average molecular weight is 524 g/mol. The molecule has 0 saturated carbocycles. The Kier molecular flexibility index (Phi) is 6.23. The van der Waals surface area contributed by atoms with Crippen LogP contribution in [0, 0.1) is 5.82 Å². The van der Waals surface area contributed by atoms with Gasteiger partial charge in [-0.3, -0.25) is 4.79 Å². The first-order valence-corrected chi connectivity index (χ1v) is 11.5. The minimum atomic E-state index is -5.14. The zero-order valence-electron chi connectivity index (χ0n) is 19.6. The van der Waals surface area contributed by atoms with E-state index in [4.69, 9.17) is 0 Å². The lowest BCUT2D eigenvalue weighted by molar-refractivity contribution is -0.247. The minimum absolute atomic E-state index is 0.109. The number of halogens is 4. The van der Waals surface area contributed by atoms with E-state index < -0.39 is 34.6 Å². The number of aliphatic hydroxyl groups is 1. The van der Waals surface area contributed by atoms with Gasteiger partial charge in [0.25, 0.3) is 0 Å². The van der Waals surface area contributed by atoms with Gasteiger partial charge in [-0.05, 0) is 48.0 Å². The molecular formula is C27H20F4N4O3. The second-order valence-electron chi connectivity index (χ2n) is 8.67. The van der Waals surface area contributed by atoms with Gasteiger partial charge in [-0.1, -0.05) is 24.3 Å². The first-order valence-electron chi connectivity index (χ1n) is 11.5. The maximum absolute atomic E-state index is 14.7. The Morgan fingerprint density at radius 3 is 2.47 bits per heavy atom. The van der Waals surface area contributed by atoms with Crippen molar-refractivity contribution in [2.45, 2.75) is 18.3 Å². The number of carbonyl (C=O) groups excluding carboxylic acids is 2. The molecule has 2 heterocycles. The van der Waals surface area contributed by atoms with Crippen LogP contribution < -0.4 is 5.32 Å². The number of alkyl halides is 3. The Bertz CT molecular complexity index is 1660. The van der Waals surface area contributed by atoms with Crippen LogP contribution in [0.3, 0.4) is 0 Å². The maximum Gasteiger partial charge on any atom is 0.425 e. The normalized spacial score (nSPS) is 13.5. The molecular weight excluding hydrogens is 504 g/mol. The molecule has 3 aromatic carbocycles. The number of amides is 1. The van der Waals surface area contributed by atoms with Crippen molar-refractivity contribution in [3.63, 3.8) is 0 Å². The van der Waals surface area contributed by atoms with Crippen molar-refractivity contribution in [3.05, 3.63) is 96.1 Å². The maximum atomic E-state index is 14.7. The van der Waals surface area contributed by atoms with Gasteiger partial charge < -0.3 is 19.8 Å². The van der Waals surface area contributed by atoms with Crippen molar-refractivity contribution in [1.82, 2.24) is 19.7 Å². The molecule has 38 heavy (non-hydrogen) atoms. The molecule has 0 aliphatic heterocycles. The van der Waals surface area contributed by atoms with Crippen LogP contribution >= 0.6 is 0 Å². The summed E-state index contributed by atoms with van der Waals surface area (Å²) in [5.74, 6) is -1.02. The summed E-state index contributed by atoms with van der Waals surface area (Å²) in [5, 5.41) is 18.4. The number of aromatic nitrogens is 3. The number of para-hydroxylation sites is 1. The summed E-state index contributed by atoms with van der Waals surface area (Å²) in [7, 11) is 0. The van der Waals surface area contributed by atoms with Gasteiger partial charge in [0.1, 0.15) is 18.6 Å². The minimum Gasteiger partial charge on any atom is -0.372 e. The molecule has 2 aromatic heterocycles. The van der Waals surface area contributed by atoms with Crippen LogP contribution in [0.4, 0.5) is 17.6 Å². The molecule has 194 valence electrons. The second-order valence-corrected chi connectivity index (χ2v) is 8.67. The molecule has 1 atom stereocenters. The number of hydrogen-bond acceptors (Lipinski definition) is 4. The number of nitrogens with zero attached hydrogens (tertiary/aromatic N) is 3. The van der Waals surface area contributed by atoms with Gasteiger partial charge in [0.2, 0.25) is 11.5 Å². The summed E-state index contributed by atoms with van der Waals surface area (Å²) in [4.78, 5) is 22.8. The van der Waals surface area contributed by atoms with Crippen LogP contribution in [0.15, 0.2) is 79.1 Å². The quantitative estimate of drug-likeness (QED) is 0.246.